The molecule has 0 amide bonds. The van der Waals surface area contributed by atoms with Gasteiger partial charge in [0.25, 0.3) is 0 Å². The van der Waals surface area contributed by atoms with Crippen molar-refractivity contribution in [3.63, 3.8) is 0 Å². The van der Waals surface area contributed by atoms with E-state index in [9.17, 15) is 4.11 Å². The maximum Gasteiger partial charge on any atom is 0.143 e. The van der Waals surface area contributed by atoms with Crippen molar-refractivity contribution in [1.29, 1.82) is 0 Å². The maximum absolute atomic E-state index is 9.36. The number of hydrogen-bond donors (Lipinski definition) is 0. The zero-order chi connectivity index (χ0) is 44.2. The molecule has 0 spiro atoms. The van der Waals surface area contributed by atoms with Gasteiger partial charge in [-0.25, -0.2) is 0 Å². The highest BCUT2D eigenvalue weighted by molar-refractivity contribution is 6.25. The van der Waals surface area contributed by atoms with E-state index in [0.717, 1.165) is 27.5 Å². The summed E-state index contributed by atoms with van der Waals surface area (Å²) in [5.41, 5.74) is 4.11. The minimum atomic E-state index is -0.529. The van der Waals surface area contributed by atoms with Crippen LogP contribution in [-0.4, -0.2) is 0 Å². The quantitative estimate of drug-likeness (QED) is 0.176. The molecule has 0 aromatic heterocycles. The molecule has 49 heavy (non-hydrogen) atoms. The minimum Gasteiger partial charge on any atom is -0.455 e. The second-order valence-electron chi connectivity index (χ2n) is 12.1. The summed E-state index contributed by atoms with van der Waals surface area (Å²) in [6.07, 6.45) is 0. The Morgan fingerprint density at radius 1 is 0.367 bits per heavy atom. The van der Waals surface area contributed by atoms with Gasteiger partial charge in [-0.1, -0.05) is 151 Å². The van der Waals surface area contributed by atoms with Crippen LogP contribution in [0.2, 0.25) is 0 Å². The second-order valence-corrected chi connectivity index (χ2v) is 12.1. The summed E-state index contributed by atoms with van der Waals surface area (Å²) in [6.45, 7) is 0. The van der Waals surface area contributed by atoms with Crippen LogP contribution in [0.3, 0.4) is 0 Å². The van der Waals surface area contributed by atoms with Crippen LogP contribution >= 0.6 is 0 Å². The van der Waals surface area contributed by atoms with Gasteiger partial charge in [0.15, 0.2) is 0 Å². The first-order valence-electron chi connectivity index (χ1n) is 22.8. The van der Waals surface area contributed by atoms with Crippen molar-refractivity contribution in [2.75, 3.05) is 0 Å². The van der Waals surface area contributed by atoms with Crippen LogP contribution in [0.15, 0.2) is 170 Å². The van der Waals surface area contributed by atoms with Crippen molar-refractivity contribution in [3.8, 4) is 56.0 Å². The first-order valence-corrected chi connectivity index (χ1v) is 15.8. The topological polar surface area (TPSA) is 9.23 Å². The highest BCUT2D eigenvalue weighted by Crippen LogP contribution is 2.53. The van der Waals surface area contributed by atoms with Gasteiger partial charge in [0.05, 0.1) is 19.2 Å². The van der Waals surface area contributed by atoms with E-state index < -0.39 is 54.4 Å². The lowest BCUT2D eigenvalue weighted by molar-refractivity contribution is 0.493. The van der Waals surface area contributed by atoms with Crippen LogP contribution in [0.4, 0.5) is 0 Å². The predicted molar refractivity (Wildman–Crippen MR) is 207 cm³/mol. The van der Waals surface area contributed by atoms with E-state index in [0.29, 0.717) is 39.0 Å². The van der Waals surface area contributed by atoms with E-state index in [1.807, 2.05) is 60.7 Å². The molecule has 1 heterocycles. The average molecular weight is 635 g/mol. The van der Waals surface area contributed by atoms with Crippen LogP contribution in [0, 0.1) is 0 Å². The summed E-state index contributed by atoms with van der Waals surface area (Å²) in [7, 11) is 0. The number of hydrogen-bond acceptors (Lipinski definition) is 1. The van der Waals surface area contributed by atoms with Gasteiger partial charge >= 0.3 is 0 Å². The standard InChI is InChI=1S/C48H28O/c1-2-9-29(10-3-1)35-25-26-44-47-38(35)17-8-18-39(47)43-28-42(37-15-4-5-16-41(37)48(43)49-44)34-14-7-13-33(27-34)36-23-21-32-20-19-30-11-6-12-31-22-24-40(36)46(32)45(30)31/h1-28H/i1D,2D,3D,6D,9D,10D,11D,12D,19D,20D,21D,22D,23D,24D. The molecule has 1 aliphatic rings. The molecule has 0 N–H and O–H groups in total. The Hall–Kier alpha value is -6.44. The SMILES string of the molecule is [2H]c1c([2H])c([2H])c(-c2ccc3c4c(cccc24)-c2cc(-c4cccc(-c5c([2H])c([2H])c6c([2H])c([2H])c7c([2H])c([2H])c([2H])c8c([2H])c([2H])c5c6c78)c4)c4ccccc4c2O3)c([2H])c1[2H]. The van der Waals surface area contributed by atoms with Crippen LogP contribution in [0.5, 0.6) is 11.5 Å². The molecule has 0 saturated heterocycles. The van der Waals surface area contributed by atoms with E-state index >= 15 is 0 Å². The van der Waals surface area contributed by atoms with Gasteiger partial charge < -0.3 is 4.74 Å². The van der Waals surface area contributed by atoms with E-state index in [1.54, 1.807) is 24.3 Å². The van der Waals surface area contributed by atoms with Crippen molar-refractivity contribution in [3.05, 3.63) is 170 Å². The fourth-order valence-corrected chi connectivity index (χ4v) is 7.42. The lowest BCUT2D eigenvalue weighted by Gasteiger charge is -2.25. The zero-order valence-electron chi connectivity index (χ0n) is 39.5. The summed E-state index contributed by atoms with van der Waals surface area (Å²) < 4.78 is 130. The summed E-state index contributed by atoms with van der Waals surface area (Å²) in [6, 6.07) is 20.4. The second kappa shape index (κ2) is 10.0. The summed E-state index contributed by atoms with van der Waals surface area (Å²) >= 11 is 0. The van der Waals surface area contributed by atoms with E-state index in [1.165, 1.54) is 0 Å². The highest BCUT2D eigenvalue weighted by atomic mass is 16.5. The minimum absolute atomic E-state index is 0.0803. The van der Waals surface area contributed by atoms with Crippen LogP contribution in [0.1, 0.15) is 19.2 Å². The van der Waals surface area contributed by atoms with Crippen molar-refractivity contribution in [2.45, 2.75) is 0 Å². The molecule has 1 heteroatoms. The predicted octanol–water partition coefficient (Wildman–Crippen LogP) is 13.7. The van der Waals surface area contributed by atoms with E-state index in [2.05, 4.69) is 0 Å². The van der Waals surface area contributed by atoms with E-state index in [-0.39, 0.29) is 73.7 Å². The molecule has 0 saturated carbocycles. The largest absolute Gasteiger partial charge is 0.455 e. The smallest absolute Gasteiger partial charge is 0.143 e. The van der Waals surface area contributed by atoms with Crippen molar-refractivity contribution < 1.29 is 23.9 Å². The molecule has 0 radical (unpaired) electrons. The fraction of sp³-hybridized carbons (Fsp3) is 0. The third kappa shape index (κ3) is 3.82. The molecule has 226 valence electrons. The van der Waals surface area contributed by atoms with Gasteiger partial charge in [0.2, 0.25) is 0 Å². The van der Waals surface area contributed by atoms with Crippen LogP contribution < -0.4 is 4.74 Å². The summed E-state index contributed by atoms with van der Waals surface area (Å²) in [5.74, 6) is 1.13. The lowest BCUT2D eigenvalue weighted by Crippen LogP contribution is -2.00. The Kier molecular flexibility index (Phi) is 3.40. The number of ether oxygens (including phenoxy) is 1. The first kappa shape index (κ1) is 16.6. The molecule has 1 aliphatic heterocycles. The normalized spacial score (nSPS) is 16.2. The molecule has 10 aromatic rings. The highest BCUT2D eigenvalue weighted by Gasteiger charge is 2.25. The molecule has 11 rings (SSSR count). The van der Waals surface area contributed by atoms with Gasteiger partial charge in [0, 0.05) is 16.3 Å². The fourth-order valence-electron chi connectivity index (χ4n) is 7.42. The maximum atomic E-state index is 9.36. The molecule has 0 atom stereocenters. The third-order valence-corrected chi connectivity index (χ3v) is 9.54. The third-order valence-electron chi connectivity index (χ3n) is 9.54. The molecule has 0 unspecified atom stereocenters. The van der Waals surface area contributed by atoms with Gasteiger partial charge in [-0.2, -0.15) is 0 Å². The molecular weight excluding hydrogens is 593 g/mol. The zero-order valence-corrected chi connectivity index (χ0v) is 25.5. The molecule has 10 aromatic carbocycles. The molecule has 1 nitrogen and oxygen atoms in total. The van der Waals surface area contributed by atoms with Gasteiger partial charge in [-0.15, -0.1) is 0 Å². The summed E-state index contributed by atoms with van der Waals surface area (Å²) in [5, 5.41) is 2.94. The molecule has 0 fully saturated rings. The van der Waals surface area contributed by atoms with Crippen LogP contribution in [-0.2, 0) is 0 Å². The first-order chi connectivity index (χ1) is 30.1. The Labute approximate surface area is 303 Å². The number of rotatable bonds is 3. The van der Waals surface area contributed by atoms with Crippen molar-refractivity contribution in [2.24, 2.45) is 0 Å². The van der Waals surface area contributed by atoms with Crippen LogP contribution in [0.25, 0.3) is 98.4 Å². The van der Waals surface area contributed by atoms with Gasteiger partial charge in [0.1, 0.15) is 11.5 Å². The monoisotopic (exact) mass is 634 g/mol. The molecule has 0 aliphatic carbocycles. The summed E-state index contributed by atoms with van der Waals surface area (Å²) in [4.78, 5) is 0. The molecule has 0 bridgehead atoms. The lowest BCUT2D eigenvalue weighted by atomic mass is 9.86. The Morgan fingerprint density at radius 2 is 1.08 bits per heavy atom. The Morgan fingerprint density at radius 3 is 1.94 bits per heavy atom. The Balaban J connectivity index is 1.18. The van der Waals surface area contributed by atoms with Gasteiger partial charge in [-0.05, 0) is 100 Å². The number of fused-ring (bicyclic) bond motifs is 4. The van der Waals surface area contributed by atoms with Crippen molar-refractivity contribution in [1.82, 2.24) is 0 Å². The van der Waals surface area contributed by atoms with E-state index in [4.69, 9.17) is 19.8 Å². The Bertz CT molecular complexity index is 3710. The molecular formula is C48H28O. The van der Waals surface area contributed by atoms with Crippen molar-refractivity contribution >= 4 is 53.9 Å². The average Bonchev–Trinajstić information content (AvgIpc) is 3.29. The van der Waals surface area contributed by atoms with Gasteiger partial charge in [-0.3, -0.25) is 0 Å². The number of benzene rings is 10.